The Morgan fingerprint density at radius 1 is 1.43 bits per heavy atom. The van der Waals surface area contributed by atoms with Gasteiger partial charge in [-0.25, -0.2) is 0 Å². The van der Waals surface area contributed by atoms with Crippen LogP contribution in [-0.2, 0) is 4.79 Å². The Bertz CT molecular complexity index is 472. The lowest BCUT2D eigenvalue weighted by molar-refractivity contribution is -0.122. The van der Waals surface area contributed by atoms with Crippen molar-refractivity contribution < 1.29 is 9.53 Å². The predicted molar refractivity (Wildman–Crippen MR) is 97.1 cm³/mol. The Hall–Kier alpha value is -1.20. The molecule has 0 radical (unpaired) electrons. The van der Waals surface area contributed by atoms with Crippen LogP contribution in [0.25, 0.3) is 0 Å². The summed E-state index contributed by atoms with van der Waals surface area (Å²) in [4.78, 5) is 12.4. The standard InChI is InChI=1S/C18H28N2O2S/c1-3-4-5-17(14-6-8-16(22-2)9-7-14)20-18(21)12-15-13-23-11-10-19-15/h6-9,15,17,19H,3-5,10-13H2,1-2H3,(H,20,21). The summed E-state index contributed by atoms with van der Waals surface area (Å²) in [6.45, 7) is 3.18. The molecule has 2 N–H and O–H groups in total. The Balaban J connectivity index is 1.94. The molecule has 1 heterocycles. The van der Waals surface area contributed by atoms with E-state index in [1.54, 1.807) is 7.11 Å². The molecule has 0 saturated carbocycles. The third-order valence-electron chi connectivity index (χ3n) is 4.13. The predicted octanol–water partition coefficient (Wildman–Crippen LogP) is 3.14. The first-order valence-electron chi connectivity index (χ1n) is 8.47. The van der Waals surface area contributed by atoms with Gasteiger partial charge in [-0.05, 0) is 24.1 Å². The molecule has 128 valence electrons. The topological polar surface area (TPSA) is 50.4 Å². The molecule has 1 aliphatic rings. The molecule has 2 atom stereocenters. The summed E-state index contributed by atoms with van der Waals surface area (Å²) in [5.74, 6) is 3.15. The van der Waals surface area contributed by atoms with Crippen molar-refractivity contribution >= 4 is 17.7 Å². The van der Waals surface area contributed by atoms with Gasteiger partial charge >= 0.3 is 0 Å². The van der Waals surface area contributed by atoms with E-state index in [1.165, 1.54) is 0 Å². The molecule has 5 heteroatoms. The summed E-state index contributed by atoms with van der Waals surface area (Å²) in [5, 5.41) is 6.65. The first-order valence-corrected chi connectivity index (χ1v) is 9.62. The van der Waals surface area contributed by atoms with E-state index in [0.29, 0.717) is 12.5 Å². The van der Waals surface area contributed by atoms with Gasteiger partial charge in [0.1, 0.15) is 5.75 Å². The van der Waals surface area contributed by atoms with Crippen LogP contribution in [0.2, 0.25) is 0 Å². The highest BCUT2D eigenvalue weighted by molar-refractivity contribution is 7.99. The maximum atomic E-state index is 12.4. The highest BCUT2D eigenvalue weighted by atomic mass is 32.2. The maximum Gasteiger partial charge on any atom is 0.222 e. The number of nitrogens with one attached hydrogen (secondary N) is 2. The van der Waals surface area contributed by atoms with Gasteiger partial charge in [0.05, 0.1) is 13.2 Å². The number of unbranched alkanes of at least 4 members (excludes halogenated alkanes) is 1. The first-order chi connectivity index (χ1) is 11.2. The summed E-state index contributed by atoms with van der Waals surface area (Å²) in [5.41, 5.74) is 1.15. The van der Waals surface area contributed by atoms with Gasteiger partial charge in [-0.3, -0.25) is 4.79 Å². The lowest BCUT2D eigenvalue weighted by Crippen LogP contribution is -2.42. The second-order valence-corrected chi connectivity index (χ2v) is 7.12. The highest BCUT2D eigenvalue weighted by Crippen LogP contribution is 2.22. The fourth-order valence-electron chi connectivity index (χ4n) is 2.79. The monoisotopic (exact) mass is 336 g/mol. The summed E-state index contributed by atoms with van der Waals surface area (Å²) >= 11 is 1.92. The number of methoxy groups -OCH3 is 1. The summed E-state index contributed by atoms with van der Waals surface area (Å²) in [7, 11) is 1.67. The van der Waals surface area contributed by atoms with E-state index < -0.39 is 0 Å². The third kappa shape index (κ3) is 6.07. The fourth-order valence-corrected chi connectivity index (χ4v) is 3.74. The normalized spacial score (nSPS) is 19.1. The Labute approximate surface area is 143 Å². The van der Waals surface area contributed by atoms with Crippen molar-refractivity contribution in [2.24, 2.45) is 0 Å². The van der Waals surface area contributed by atoms with E-state index >= 15 is 0 Å². The van der Waals surface area contributed by atoms with Crippen LogP contribution < -0.4 is 15.4 Å². The Kier molecular flexibility index (Phi) is 7.76. The number of thioether (sulfide) groups is 1. The van der Waals surface area contributed by atoms with Gasteiger partial charge < -0.3 is 15.4 Å². The second-order valence-electron chi connectivity index (χ2n) is 5.97. The van der Waals surface area contributed by atoms with Crippen LogP contribution >= 0.6 is 11.8 Å². The molecule has 0 aliphatic carbocycles. The molecule has 2 rings (SSSR count). The first kappa shape index (κ1) is 18.1. The van der Waals surface area contributed by atoms with Crippen LogP contribution in [0.15, 0.2) is 24.3 Å². The minimum atomic E-state index is 0.0876. The number of amides is 1. The van der Waals surface area contributed by atoms with E-state index in [1.807, 2.05) is 36.0 Å². The second kappa shape index (κ2) is 9.83. The molecule has 2 unspecified atom stereocenters. The van der Waals surface area contributed by atoms with Gasteiger partial charge in [0.25, 0.3) is 0 Å². The van der Waals surface area contributed by atoms with Crippen LogP contribution in [0.3, 0.4) is 0 Å². The van der Waals surface area contributed by atoms with Gasteiger partial charge in [-0.2, -0.15) is 11.8 Å². The number of carbonyl (C=O) groups is 1. The molecule has 1 fully saturated rings. The van der Waals surface area contributed by atoms with E-state index in [2.05, 4.69) is 17.6 Å². The Morgan fingerprint density at radius 2 is 2.22 bits per heavy atom. The summed E-state index contributed by atoms with van der Waals surface area (Å²) in [6, 6.07) is 8.41. The third-order valence-corrected chi connectivity index (χ3v) is 5.26. The lowest BCUT2D eigenvalue weighted by atomic mass is 10.0. The van der Waals surface area contributed by atoms with Crippen molar-refractivity contribution in [2.75, 3.05) is 25.2 Å². The zero-order valence-corrected chi connectivity index (χ0v) is 15.0. The molecule has 0 bridgehead atoms. The zero-order chi connectivity index (χ0) is 16.5. The Morgan fingerprint density at radius 3 is 2.83 bits per heavy atom. The number of ether oxygens (including phenoxy) is 1. The van der Waals surface area contributed by atoms with E-state index in [0.717, 1.165) is 48.6 Å². The van der Waals surface area contributed by atoms with Gasteiger partial charge in [0, 0.05) is 30.5 Å². The van der Waals surface area contributed by atoms with Gasteiger partial charge in [-0.15, -0.1) is 0 Å². The molecule has 0 spiro atoms. The number of benzene rings is 1. The zero-order valence-electron chi connectivity index (χ0n) is 14.1. The molecular formula is C18H28N2O2S. The minimum Gasteiger partial charge on any atom is -0.497 e. The van der Waals surface area contributed by atoms with Crippen molar-refractivity contribution in [1.29, 1.82) is 0 Å². The van der Waals surface area contributed by atoms with E-state index in [4.69, 9.17) is 4.74 Å². The maximum absolute atomic E-state index is 12.4. The largest absolute Gasteiger partial charge is 0.497 e. The summed E-state index contributed by atoms with van der Waals surface area (Å²) in [6.07, 6.45) is 3.77. The van der Waals surface area contributed by atoms with Crippen molar-refractivity contribution in [3.63, 3.8) is 0 Å². The minimum absolute atomic E-state index is 0.0876. The lowest BCUT2D eigenvalue weighted by Gasteiger charge is -2.25. The van der Waals surface area contributed by atoms with Crippen molar-refractivity contribution in [3.05, 3.63) is 29.8 Å². The molecule has 1 aromatic carbocycles. The van der Waals surface area contributed by atoms with Gasteiger partial charge in [0.15, 0.2) is 0 Å². The van der Waals surface area contributed by atoms with Crippen LogP contribution in [0.1, 0.15) is 44.2 Å². The van der Waals surface area contributed by atoms with Crippen LogP contribution in [-0.4, -0.2) is 37.1 Å². The van der Waals surface area contributed by atoms with Crippen LogP contribution in [0.5, 0.6) is 5.75 Å². The summed E-state index contributed by atoms with van der Waals surface area (Å²) < 4.78 is 5.21. The highest BCUT2D eigenvalue weighted by Gasteiger charge is 2.19. The molecular weight excluding hydrogens is 308 g/mol. The molecule has 4 nitrogen and oxygen atoms in total. The molecule has 1 aromatic rings. The number of hydrogen-bond donors (Lipinski definition) is 2. The molecule has 0 aromatic heterocycles. The number of rotatable bonds is 8. The van der Waals surface area contributed by atoms with Crippen LogP contribution in [0.4, 0.5) is 0 Å². The molecule has 1 saturated heterocycles. The van der Waals surface area contributed by atoms with Crippen molar-refractivity contribution in [1.82, 2.24) is 10.6 Å². The van der Waals surface area contributed by atoms with Crippen molar-refractivity contribution in [3.8, 4) is 5.75 Å². The van der Waals surface area contributed by atoms with Gasteiger partial charge in [0.2, 0.25) is 5.91 Å². The smallest absolute Gasteiger partial charge is 0.222 e. The van der Waals surface area contributed by atoms with Gasteiger partial charge in [-0.1, -0.05) is 31.9 Å². The molecule has 1 aliphatic heterocycles. The number of hydrogen-bond acceptors (Lipinski definition) is 4. The SMILES string of the molecule is CCCCC(NC(=O)CC1CSCCN1)c1ccc(OC)cc1. The van der Waals surface area contributed by atoms with Crippen molar-refractivity contribution in [2.45, 2.75) is 44.7 Å². The van der Waals surface area contributed by atoms with E-state index in [-0.39, 0.29) is 11.9 Å². The quantitative estimate of drug-likeness (QED) is 0.766. The van der Waals surface area contributed by atoms with E-state index in [9.17, 15) is 4.79 Å². The molecule has 23 heavy (non-hydrogen) atoms. The average molecular weight is 337 g/mol. The fraction of sp³-hybridized carbons (Fsp3) is 0.611. The van der Waals surface area contributed by atoms with Crippen LogP contribution in [0, 0.1) is 0 Å². The average Bonchev–Trinajstić information content (AvgIpc) is 2.59. The number of carbonyl (C=O) groups excluding carboxylic acids is 1. The molecule has 1 amide bonds.